The molecule has 1 aromatic carbocycles. The number of hydrogen-bond acceptors (Lipinski definition) is 2. The summed E-state index contributed by atoms with van der Waals surface area (Å²) in [6.45, 7) is 0.726. The molecule has 14 heavy (non-hydrogen) atoms. The fraction of sp³-hybridized carbons (Fsp3) is 0.273. The molecule has 0 amide bonds. The van der Waals surface area contributed by atoms with Crippen LogP contribution in [0.4, 0.5) is 0 Å². The lowest BCUT2D eigenvalue weighted by molar-refractivity contribution is 0.618. The number of furan rings is 1. The second kappa shape index (κ2) is 4.03. The lowest BCUT2D eigenvalue weighted by Crippen LogP contribution is -1.99. The number of fused-ring (bicyclic) bond motifs is 1. The molecular weight excluding hydrogens is 198 g/mol. The van der Waals surface area contributed by atoms with E-state index in [1.54, 1.807) is 0 Å². The molecule has 0 aliphatic rings. The third-order valence-corrected chi connectivity index (χ3v) is 2.41. The average Bonchev–Trinajstić information content (AvgIpc) is 2.54. The molecule has 0 atom stereocenters. The highest BCUT2D eigenvalue weighted by Crippen LogP contribution is 2.24. The Kier molecular flexibility index (Phi) is 2.75. The van der Waals surface area contributed by atoms with Gasteiger partial charge in [0.25, 0.3) is 0 Å². The fourth-order valence-corrected chi connectivity index (χ4v) is 1.72. The molecule has 1 aromatic heterocycles. The predicted octanol–water partition coefficient (Wildman–Crippen LogP) is 2.98. The maximum atomic E-state index is 5.75. The Labute approximate surface area is 87.6 Å². The highest BCUT2D eigenvalue weighted by molar-refractivity contribution is 6.29. The van der Waals surface area contributed by atoms with E-state index in [1.165, 1.54) is 5.56 Å². The van der Waals surface area contributed by atoms with E-state index in [2.05, 4.69) is 12.1 Å². The Bertz CT molecular complexity index is 436. The third-order valence-electron chi connectivity index (χ3n) is 2.22. The minimum absolute atomic E-state index is 0.441. The molecule has 0 spiro atoms. The summed E-state index contributed by atoms with van der Waals surface area (Å²) in [5.74, 6) is 0. The van der Waals surface area contributed by atoms with Gasteiger partial charge in [-0.05, 0) is 48.7 Å². The lowest BCUT2D eigenvalue weighted by Gasteiger charge is -1.98. The Morgan fingerprint density at radius 2 is 2.14 bits per heavy atom. The molecular formula is C11H12ClNO. The minimum atomic E-state index is 0.441. The predicted molar refractivity (Wildman–Crippen MR) is 58.6 cm³/mol. The molecule has 2 N–H and O–H groups in total. The molecule has 0 aliphatic carbocycles. The van der Waals surface area contributed by atoms with Gasteiger partial charge in [-0.1, -0.05) is 6.07 Å². The third kappa shape index (κ3) is 1.91. The van der Waals surface area contributed by atoms with Crippen molar-refractivity contribution in [2.45, 2.75) is 12.8 Å². The molecule has 2 nitrogen and oxygen atoms in total. The van der Waals surface area contributed by atoms with Crippen molar-refractivity contribution in [3.05, 3.63) is 35.0 Å². The van der Waals surface area contributed by atoms with Crippen molar-refractivity contribution in [2.75, 3.05) is 6.54 Å². The van der Waals surface area contributed by atoms with Gasteiger partial charge in [-0.2, -0.15) is 0 Å². The normalized spacial score (nSPS) is 11.0. The zero-order valence-corrected chi connectivity index (χ0v) is 8.55. The van der Waals surface area contributed by atoms with E-state index in [9.17, 15) is 0 Å². The molecule has 0 saturated heterocycles. The van der Waals surface area contributed by atoms with Crippen LogP contribution in [0.25, 0.3) is 11.0 Å². The maximum absolute atomic E-state index is 5.75. The zero-order valence-electron chi connectivity index (χ0n) is 7.79. The number of aryl methyl sites for hydroxylation is 1. The number of rotatable bonds is 3. The van der Waals surface area contributed by atoms with Gasteiger partial charge in [-0.25, -0.2) is 0 Å². The highest BCUT2D eigenvalue weighted by Gasteiger charge is 2.02. The van der Waals surface area contributed by atoms with Crippen molar-refractivity contribution in [3.63, 3.8) is 0 Å². The Morgan fingerprint density at radius 1 is 1.29 bits per heavy atom. The van der Waals surface area contributed by atoms with E-state index in [4.69, 9.17) is 21.8 Å². The summed E-state index contributed by atoms with van der Waals surface area (Å²) in [4.78, 5) is 0. The van der Waals surface area contributed by atoms with Crippen LogP contribution in [0.15, 0.2) is 28.7 Å². The topological polar surface area (TPSA) is 39.2 Å². The van der Waals surface area contributed by atoms with Crippen LogP contribution < -0.4 is 5.73 Å². The standard InChI is InChI=1S/C11H12ClNO/c12-11-7-9-6-8(2-1-5-13)3-4-10(9)14-11/h3-4,6-7H,1-2,5,13H2. The summed E-state index contributed by atoms with van der Waals surface area (Å²) in [5.41, 5.74) is 7.57. The first-order valence-electron chi connectivity index (χ1n) is 4.67. The summed E-state index contributed by atoms with van der Waals surface area (Å²) >= 11 is 5.75. The molecule has 0 saturated carbocycles. The van der Waals surface area contributed by atoms with E-state index in [1.807, 2.05) is 12.1 Å². The summed E-state index contributed by atoms with van der Waals surface area (Å²) in [6, 6.07) is 7.94. The number of halogens is 1. The van der Waals surface area contributed by atoms with E-state index in [-0.39, 0.29) is 0 Å². The molecule has 0 aliphatic heterocycles. The monoisotopic (exact) mass is 209 g/mol. The fourth-order valence-electron chi connectivity index (χ4n) is 1.52. The molecule has 0 unspecified atom stereocenters. The molecule has 3 heteroatoms. The molecule has 2 rings (SSSR count). The summed E-state index contributed by atoms with van der Waals surface area (Å²) in [5, 5.41) is 1.50. The Hall–Kier alpha value is -0.990. The Morgan fingerprint density at radius 3 is 2.93 bits per heavy atom. The highest BCUT2D eigenvalue weighted by atomic mass is 35.5. The van der Waals surface area contributed by atoms with Gasteiger partial charge in [0.1, 0.15) is 5.58 Å². The van der Waals surface area contributed by atoms with Crippen LogP contribution in [-0.4, -0.2) is 6.54 Å². The van der Waals surface area contributed by atoms with Crippen LogP contribution >= 0.6 is 11.6 Å². The molecule has 0 radical (unpaired) electrons. The average molecular weight is 210 g/mol. The first kappa shape index (κ1) is 9.56. The second-order valence-electron chi connectivity index (χ2n) is 3.31. The van der Waals surface area contributed by atoms with Gasteiger partial charge in [0.2, 0.25) is 0 Å². The van der Waals surface area contributed by atoms with E-state index in [0.717, 1.165) is 30.4 Å². The van der Waals surface area contributed by atoms with Crippen molar-refractivity contribution >= 4 is 22.6 Å². The maximum Gasteiger partial charge on any atom is 0.194 e. The molecule has 0 fully saturated rings. The lowest BCUT2D eigenvalue weighted by atomic mass is 10.1. The van der Waals surface area contributed by atoms with Gasteiger partial charge >= 0.3 is 0 Å². The van der Waals surface area contributed by atoms with Crippen molar-refractivity contribution < 1.29 is 4.42 Å². The van der Waals surface area contributed by atoms with Crippen LogP contribution in [0.3, 0.4) is 0 Å². The second-order valence-corrected chi connectivity index (χ2v) is 3.69. The van der Waals surface area contributed by atoms with E-state index >= 15 is 0 Å². The molecule has 1 heterocycles. The molecule has 0 bridgehead atoms. The van der Waals surface area contributed by atoms with E-state index < -0.39 is 0 Å². The van der Waals surface area contributed by atoms with Gasteiger partial charge in [0.05, 0.1) is 0 Å². The van der Waals surface area contributed by atoms with Gasteiger partial charge in [-0.15, -0.1) is 0 Å². The number of hydrogen-bond donors (Lipinski definition) is 1. The first-order valence-corrected chi connectivity index (χ1v) is 5.05. The van der Waals surface area contributed by atoms with Crippen molar-refractivity contribution in [1.82, 2.24) is 0 Å². The van der Waals surface area contributed by atoms with Gasteiger partial charge in [0.15, 0.2) is 5.22 Å². The minimum Gasteiger partial charge on any atom is -0.445 e. The van der Waals surface area contributed by atoms with Crippen LogP contribution in [0.2, 0.25) is 5.22 Å². The van der Waals surface area contributed by atoms with Crippen LogP contribution in [0, 0.1) is 0 Å². The smallest absolute Gasteiger partial charge is 0.194 e. The van der Waals surface area contributed by atoms with Gasteiger partial charge < -0.3 is 10.2 Å². The van der Waals surface area contributed by atoms with E-state index in [0.29, 0.717) is 5.22 Å². The largest absolute Gasteiger partial charge is 0.445 e. The Balaban J connectivity index is 2.31. The van der Waals surface area contributed by atoms with Crippen LogP contribution in [0.5, 0.6) is 0 Å². The molecule has 74 valence electrons. The SMILES string of the molecule is NCCCc1ccc2oc(Cl)cc2c1. The van der Waals surface area contributed by atoms with Crippen LogP contribution in [0.1, 0.15) is 12.0 Å². The van der Waals surface area contributed by atoms with Gasteiger partial charge in [0, 0.05) is 11.5 Å². The van der Waals surface area contributed by atoms with Crippen LogP contribution in [-0.2, 0) is 6.42 Å². The van der Waals surface area contributed by atoms with Gasteiger partial charge in [-0.3, -0.25) is 0 Å². The van der Waals surface area contributed by atoms with Crippen molar-refractivity contribution in [2.24, 2.45) is 5.73 Å². The zero-order chi connectivity index (χ0) is 9.97. The quantitative estimate of drug-likeness (QED) is 0.844. The number of benzene rings is 1. The molecule has 2 aromatic rings. The van der Waals surface area contributed by atoms with Crippen molar-refractivity contribution in [1.29, 1.82) is 0 Å². The van der Waals surface area contributed by atoms with Crippen molar-refractivity contribution in [3.8, 4) is 0 Å². The number of nitrogens with two attached hydrogens (primary N) is 1. The summed E-state index contributed by atoms with van der Waals surface area (Å²) in [6.07, 6.45) is 2.02. The summed E-state index contributed by atoms with van der Waals surface area (Å²) in [7, 11) is 0. The summed E-state index contributed by atoms with van der Waals surface area (Å²) < 4.78 is 5.27. The first-order chi connectivity index (χ1) is 6.79.